The molecule has 4 heteroatoms. The molecule has 0 atom stereocenters. The Morgan fingerprint density at radius 1 is 0.500 bits per heavy atom. The number of benzene rings is 3. The largest absolute Gasteiger partial charge is 0.423 e. The molecule has 0 heterocycles. The zero-order chi connectivity index (χ0) is 16.8. The Balaban J connectivity index is 1.82. The van der Waals surface area contributed by atoms with Gasteiger partial charge in [0.05, 0.1) is 11.1 Å². The molecular formula is C20H14O4. The summed E-state index contributed by atoms with van der Waals surface area (Å²) in [5.41, 5.74) is 0.310. The molecule has 0 aromatic heterocycles. The van der Waals surface area contributed by atoms with Crippen LogP contribution in [0.4, 0.5) is 0 Å². The van der Waals surface area contributed by atoms with Crippen LogP contribution in [0.15, 0.2) is 84.9 Å². The number of carbonyl (C=O) groups is 2. The van der Waals surface area contributed by atoms with E-state index in [9.17, 15) is 9.59 Å². The molecule has 0 saturated heterocycles. The van der Waals surface area contributed by atoms with Crippen molar-refractivity contribution in [3.8, 4) is 11.5 Å². The van der Waals surface area contributed by atoms with Gasteiger partial charge in [-0.15, -0.1) is 0 Å². The maximum Gasteiger partial charge on any atom is 0.344 e. The van der Waals surface area contributed by atoms with Crippen LogP contribution in [-0.2, 0) is 0 Å². The summed E-state index contributed by atoms with van der Waals surface area (Å²) < 4.78 is 10.6. The first-order valence-electron chi connectivity index (χ1n) is 7.37. The fourth-order valence-electron chi connectivity index (χ4n) is 2.14. The zero-order valence-electron chi connectivity index (χ0n) is 12.7. The second kappa shape index (κ2) is 7.24. The molecule has 0 aliphatic rings. The van der Waals surface area contributed by atoms with Crippen molar-refractivity contribution < 1.29 is 19.1 Å². The highest BCUT2D eigenvalue weighted by molar-refractivity contribution is 6.04. The lowest BCUT2D eigenvalue weighted by Gasteiger charge is -2.09. The van der Waals surface area contributed by atoms with Crippen molar-refractivity contribution in [1.29, 1.82) is 0 Å². The molecule has 0 unspecified atom stereocenters. The summed E-state index contributed by atoms with van der Waals surface area (Å²) in [7, 11) is 0. The summed E-state index contributed by atoms with van der Waals surface area (Å²) in [5, 5.41) is 0. The predicted octanol–water partition coefficient (Wildman–Crippen LogP) is 4.13. The van der Waals surface area contributed by atoms with Crippen LogP contribution in [-0.4, -0.2) is 11.9 Å². The van der Waals surface area contributed by atoms with Gasteiger partial charge < -0.3 is 9.47 Å². The van der Waals surface area contributed by atoms with Crippen molar-refractivity contribution in [2.45, 2.75) is 0 Å². The summed E-state index contributed by atoms with van der Waals surface area (Å²) in [6, 6.07) is 23.8. The number of hydrogen-bond acceptors (Lipinski definition) is 4. The maximum atomic E-state index is 12.4. The Morgan fingerprint density at radius 3 is 1.21 bits per heavy atom. The highest BCUT2D eigenvalue weighted by atomic mass is 16.6. The van der Waals surface area contributed by atoms with Crippen LogP contribution in [0.5, 0.6) is 11.5 Å². The average molecular weight is 326 g/mol. The summed E-state index contributed by atoms with van der Waals surface area (Å²) in [4.78, 5) is 24.7. The molecule has 3 rings (SSSR count). The second-order valence-corrected chi connectivity index (χ2v) is 4.95. The SMILES string of the molecule is O=[13C](Oc1ccccc1)[13c]1[13cH][13cH][13cH][13cH][13c]1[13C](=O)Oc1ccccc1. The van der Waals surface area contributed by atoms with Gasteiger partial charge in [0, 0.05) is 0 Å². The Labute approximate surface area is 139 Å². The fraction of sp³-hybridized carbons (Fsp3) is 0. The second-order valence-electron chi connectivity index (χ2n) is 4.95. The topological polar surface area (TPSA) is 52.6 Å². The highest BCUT2D eigenvalue weighted by Crippen LogP contribution is 2.17. The molecule has 0 bridgehead atoms. The molecule has 24 heavy (non-hydrogen) atoms. The van der Waals surface area contributed by atoms with Crippen LogP contribution in [0, 0.1) is 0 Å². The Morgan fingerprint density at radius 2 is 0.833 bits per heavy atom. The normalized spacial score (nSPS) is 10.0. The van der Waals surface area contributed by atoms with E-state index in [1.165, 1.54) is 12.1 Å². The molecular weight excluding hydrogens is 312 g/mol. The number of hydrogen-bond donors (Lipinski definition) is 0. The first-order valence-corrected chi connectivity index (χ1v) is 7.37. The van der Waals surface area contributed by atoms with E-state index < -0.39 is 11.9 Å². The lowest BCUT2D eigenvalue weighted by molar-refractivity contribution is 0.0692. The number of ether oxygens (including phenoxy) is 2. The summed E-state index contributed by atoms with van der Waals surface area (Å²) in [5.74, 6) is -0.397. The van der Waals surface area contributed by atoms with Crippen molar-refractivity contribution in [2.24, 2.45) is 0 Å². The van der Waals surface area contributed by atoms with Gasteiger partial charge in [-0.1, -0.05) is 48.5 Å². The van der Waals surface area contributed by atoms with Gasteiger partial charge in [0.25, 0.3) is 0 Å². The maximum absolute atomic E-state index is 12.4. The van der Waals surface area contributed by atoms with Gasteiger partial charge in [-0.3, -0.25) is 0 Å². The summed E-state index contributed by atoms with van der Waals surface area (Å²) in [6.07, 6.45) is 0. The fourth-order valence-corrected chi connectivity index (χ4v) is 2.14. The Hall–Kier alpha value is -3.40. The summed E-state index contributed by atoms with van der Waals surface area (Å²) >= 11 is 0. The van der Waals surface area contributed by atoms with E-state index in [1.54, 1.807) is 60.7 Å². The van der Waals surface area contributed by atoms with Crippen molar-refractivity contribution in [1.82, 2.24) is 0 Å². The van der Waals surface area contributed by atoms with Crippen molar-refractivity contribution in [3.63, 3.8) is 0 Å². The van der Waals surface area contributed by atoms with Gasteiger partial charge in [0.15, 0.2) is 0 Å². The van der Waals surface area contributed by atoms with Gasteiger partial charge in [0.1, 0.15) is 11.5 Å². The molecule has 0 aliphatic heterocycles. The van der Waals surface area contributed by atoms with E-state index in [1.807, 2.05) is 12.1 Å². The van der Waals surface area contributed by atoms with Gasteiger partial charge in [-0.2, -0.15) is 0 Å². The number of para-hydroxylation sites is 2. The molecule has 0 saturated carbocycles. The van der Waals surface area contributed by atoms with E-state index in [0.29, 0.717) is 11.5 Å². The third-order valence-electron chi connectivity index (χ3n) is 3.27. The molecule has 0 aliphatic carbocycles. The Kier molecular flexibility index (Phi) is 4.68. The van der Waals surface area contributed by atoms with Crippen LogP contribution in [0.2, 0.25) is 0 Å². The van der Waals surface area contributed by atoms with Gasteiger partial charge >= 0.3 is 11.9 Å². The van der Waals surface area contributed by atoms with Gasteiger partial charge in [0.2, 0.25) is 0 Å². The third kappa shape index (κ3) is 3.67. The molecule has 0 spiro atoms. The van der Waals surface area contributed by atoms with Crippen molar-refractivity contribution in [3.05, 3.63) is 96.1 Å². The minimum Gasteiger partial charge on any atom is -0.423 e. The molecule has 4 nitrogen and oxygen atoms in total. The monoisotopic (exact) mass is 326 g/mol. The van der Waals surface area contributed by atoms with Crippen LogP contribution in [0.1, 0.15) is 20.7 Å². The molecule has 3 aromatic rings. The van der Waals surface area contributed by atoms with E-state index >= 15 is 0 Å². The van der Waals surface area contributed by atoms with Crippen LogP contribution >= 0.6 is 0 Å². The van der Waals surface area contributed by atoms with Crippen LogP contribution < -0.4 is 9.47 Å². The van der Waals surface area contributed by atoms with E-state index in [4.69, 9.17) is 9.47 Å². The first-order chi connectivity index (χ1) is 11.7. The third-order valence-corrected chi connectivity index (χ3v) is 3.27. The number of carbonyl (C=O) groups excluding carboxylic acids is 2. The van der Waals surface area contributed by atoms with Gasteiger partial charge in [-0.05, 0) is 36.4 Å². The molecule has 0 fully saturated rings. The zero-order valence-corrected chi connectivity index (χ0v) is 12.7. The minimum atomic E-state index is -0.609. The van der Waals surface area contributed by atoms with Crippen LogP contribution in [0.25, 0.3) is 0 Å². The quantitative estimate of drug-likeness (QED) is 0.411. The van der Waals surface area contributed by atoms with Gasteiger partial charge in [-0.25, -0.2) is 9.59 Å². The van der Waals surface area contributed by atoms with Crippen molar-refractivity contribution in [2.75, 3.05) is 0 Å². The molecule has 0 amide bonds. The lowest BCUT2D eigenvalue weighted by Crippen LogP contribution is -2.17. The average Bonchev–Trinajstić information content (AvgIpc) is 2.63. The van der Waals surface area contributed by atoms with E-state index in [2.05, 4.69) is 0 Å². The molecule has 0 radical (unpaired) electrons. The first kappa shape index (κ1) is 15.5. The highest BCUT2D eigenvalue weighted by Gasteiger charge is 2.20. The molecule has 3 aromatic carbocycles. The van der Waals surface area contributed by atoms with Crippen LogP contribution in [0.3, 0.4) is 0 Å². The molecule has 0 N–H and O–H groups in total. The molecule has 118 valence electrons. The summed E-state index contributed by atoms with van der Waals surface area (Å²) in [6.45, 7) is 0. The Bertz CT molecular complexity index is 769. The lowest BCUT2D eigenvalue weighted by atomic mass is 10.3. The smallest absolute Gasteiger partial charge is 0.344 e. The van der Waals surface area contributed by atoms with Crippen molar-refractivity contribution >= 4 is 11.9 Å². The number of rotatable bonds is 4. The standard InChI is InChI=1S/C20H14O4/c21-19(23-15-9-3-1-4-10-15)17-13-7-8-14-18(17)20(22)24-16-11-5-2-6-12-16/h1-14H/i7+1,8+1,13+1,14+1,17+1,18+1,19+1,20+1. The van der Waals surface area contributed by atoms with E-state index in [0.717, 1.165) is 0 Å². The van der Waals surface area contributed by atoms with E-state index in [-0.39, 0.29) is 11.1 Å². The minimum absolute atomic E-state index is 0.155. The predicted molar refractivity (Wildman–Crippen MR) is 89.2 cm³/mol. The number of esters is 2.